The monoisotopic (exact) mass is 736 g/mol. The van der Waals surface area contributed by atoms with Crippen molar-refractivity contribution in [1.29, 1.82) is 0 Å². The first-order valence-electron chi connectivity index (χ1n) is 17.9. The maximum absolute atomic E-state index is 2.99. The first kappa shape index (κ1) is 34.7. The third-order valence-electron chi connectivity index (χ3n) is 12.0. The van der Waals surface area contributed by atoms with Crippen LogP contribution in [-0.2, 0) is 20.3 Å². The summed E-state index contributed by atoms with van der Waals surface area (Å²) in [5, 5.41) is 0. The van der Waals surface area contributed by atoms with Gasteiger partial charge in [-0.05, 0) is 0 Å². The molecule has 47 heavy (non-hydrogen) atoms. The van der Waals surface area contributed by atoms with Crippen molar-refractivity contribution < 1.29 is 45.1 Å². The van der Waals surface area contributed by atoms with Gasteiger partial charge in [-0.25, -0.2) is 0 Å². The Morgan fingerprint density at radius 1 is 0.553 bits per heavy atom. The summed E-state index contributed by atoms with van der Waals surface area (Å²) in [6, 6.07) is 33.3. The molecule has 4 aromatic rings. The van der Waals surface area contributed by atoms with Crippen molar-refractivity contribution in [3.8, 4) is 22.3 Å². The zero-order chi connectivity index (χ0) is 30.7. The standard InChI is InChI=1S/2C19H19.C6H10.2ClH.Zr/c2*1-3-5-15-12-17-6-4-7-18(19(17)13-15)16-10-8-14(2)9-11-16;1-2-4-6-5-3-1;;;/h2*4,6-13H,3,5H2,1-2H3;1-2H,3-6H2;2*1H;/q;;;;;+2/p-2. The zero-order valence-electron chi connectivity index (χ0n) is 28.5. The first-order valence-corrected chi connectivity index (χ1v) is 23.5. The summed E-state index contributed by atoms with van der Waals surface area (Å²) < 4.78 is 3.47. The summed E-state index contributed by atoms with van der Waals surface area (Å²) in [6.45, 7) is 9.22. The van der Waals surface area contributed by atoms with Crippen molar-refractivity contribution in [3.63, 3.8) is 0 Å². The molecule has 4 atom stereocenters. The van der Waals surface area contributed by atoms with Crippen LogP contribution in [0, 0.1) is 13.8 Å². The Morgan fingerprint density at radius 2 is 0.957 bits per heavy atom. The molecule has 0 amide bonds. The predicted octanol–water partition coefficient (Wildman–Crippen LogP) is 7.14. The second kappa shape index (κ2) is 14.0. The molecule has 4 aliphatic rings. The molecule has 1 aliphatic heterocycles. The Hall–Kier alpha value is -2.18. The quantitative estimate of drug-likeness (QED) is 0.181. The van der Waals surface area contributed by atoms with Crippen LogP contribution in [0.2, 0.25) is 7.25 Å². The smallest absolute Gasteiger partial charge is 1.00 e. The van der Waals surface area contributed by atoms with Gasteiger partial charge in [0.25, 0.3) is 0 Å². The minimum atomic E-state index is -2.99. The molecule has 1 saturated carbocycles. The molecule has 0 aromatic heterocycles. The number of fused-ring (bicyclic) bond motifs is 3. The van der Waals surface area contributed by atoms with Crippen molar-refractivity contribution in [2.75, 3.05) is 0 Å². The third-order valence-corrected chi connectivity index (χ3v) is 29.1. The Labute approximate surface area is 300 Å². The first-order chi connectivity index (χ1) is 22.1. The average Bonchev–Trinajstić information content (AvgIpc) is 3.33. The molecule has 0 N–H and O–H groups in total. The molecule has 4 unspecified atom stereocenters. The molecule has 3 heteroatoms. The fourth-order valence-electron chi connectivity index (χ4n) is 10.3. The zero-order valence-corrected chi connectivity index (χ0v) is 32.4. The molecule has 1 saturated heterocycles. The number of aryl methyl sites for hydroxylation is 2. The van der Waals surface area contributed by atoms with E-state index in [-0.39, 0.29) is 24.8 Å². The van der Waals surface area contributed by atoms with Gasteiger partial charge in [0, 0.05) is 0 Å². The maximum Gasteiger partial charge on any atom is -1.00 e. The largest absolute Gasteiger partial charge is 1.00 e. The maximum atomic E-state index is 2.71. The molecular weight excluding hydrogens is 691 g/mol. The average molecular weight is 739 g/mol. The van der Waals surface area contributed by atoms with Crippen LogP contribution >= 0.6 is 0 Å². The summed E-state index contributed by atoms with van der Waals surface area (Å²) in [5.41, 5.74) is 18.5. The fourth-order valence-corrected chi connectivity index (χ4v) is 33.5. The van der Waals surface area contributed by atoms with Gasteiger partial charge in [-0.2, -0.15) is 0 Å². The predicted molar refractivity (Wildman–Crippen MR) is 190 cm³/mol. The summed E-state index contributed by atoms with van der Waals surface area (Å²) in [5.74, 6) is 0. The molecule has 3 aliphatic carbocycles. The minimum absolute atomic E-state index is 0. The molecule has 1 heterocycles. The van der Waals surface area contributed by atoms with E-state index in [2.05, 4.69) is 125 Å². The van der Waals surface area contributed by atoms with Crippen LogP contribution in [0.1, 0.15) is 106 Å². The number of halogens is 2. The van der Waals surface area contributed by atoms with E-state index in [1.54, 1.807) is 33.4 Å². The topological polar surface area (TPSA) is 0 Å². The van der Waals surface area contributed by atoms with Gasteiger partial charge in [0.15, 0.2) is 0 Å². The van der Waals surface area contributed by atoms with Gasteiger partial charge in [-0.1, -0.05) is 0 Å². The van der Waals surface area contributed by atoms with E-state index in [1.165, 1.54) is 84.7 Å². The van der Waals surface area contributed by atoms with Gasteiger partial charge in [-0.15, -0.1) is 0 Å². The van der Waals surface area contributed by atoms with E-state index >= 15 is 0 Å². The van der Waals surface area contributed by atoms with Crippen LogP contribution in [0.25, 0.3) is 34.4 Å². The van der Waals surface area contributed by atoms with E-state index < -0.39 is 20.3 Å². The van der Waals surface area contributed by atoms with Gasteiger partial charge in [0.05, 0.1) is 0 Å². The van der Waals surface area contributed by atoms with E-state index in [4.69, 9.17) is 0 Å². The molecule has 0 spiro atoms. The van der Waals surface area contributed by atoms with Crippen molar-refractivity contribution >= 4 is 12.2 Å². The number of benzene rings is 4. The van der Waals surface area contributed by atoms with Gasteiger partial charge in [0.1, 0.15) is 0 Å². The molecular formula is C44H48Cl2Zr. The Balaban J connectivity index is 0.00000193. The Bertz CT molecular complexity index is 1680. The molecule has 0 radical (unpaired) electrons. The summed E-state index contributed by atoms with van der Waals surface area (Å²) >= 11 is -2.99. The Kier molecular flexibility index (Phi) is 10.3. The van der Waals surface area contributed by atoms with Crippen molar-refractivity contribution in [3.05, 3.63) is 129 Å². The summed E-state index contributed by atoms with van der Waals surface area (Å²) in [4.78, 5) is 0. The van der Waals surface area contributed by atoms with Gasteiger partial charge < -0.3 is 24.8 Å². The molecule has 4 aromatic carbocycles. The molecule has 0 nitrogen and oxygen atoms in total. The van der Waals surface area contributed by atoms with Crippen LogP contribution < -0.4 is 24.8 Å². The molecule has 8 rings (SSSR count). The number of hydrogen-bond acceptors (Lipinski definition) is 0. The van der Waals surface area contributed by atoms with Crippen LogP contribution in [-0.4, -0.2) is 0 Å². The van der Waals surface area contributed by atoms with Crippen LogP contribution in [0.3, 0.4) is 0 Å². The number of rotatable bonds is 8. The second-order valence-corrected chi connectivity index (χ2v) is 26.1. The van der Waals surface area contributed by atoms with Crippen molar-refractivity contribution in [2.45, 2.75) is 93.6 Å². The van der Waals surface area contributed by atoms with E-state index in [0.717, 1.165) is 7.25 Å². The fraction of sp³-hybridized carbons (Fsp3) is 0.364. The SMILES string of the molecule is CCCC1=Cc2c(-c3ccc(C)cc3)cccc2[CH]1[Zr+2]1([CH]2C(CCC)=Cc3c(-c4ccc(C)cc4)cccc32)[CH]2CCCC[CH]21.[Cl-].[Cl-]. The summed E-state index contributed by atoms with van der Waals surface area (Å²) in [7, 11) is 0. The van der Waals surface area contributed by atoms with E-state index in [9.17, 15) is 0 Å². The number of allylic oxidation sites excluding steroid dienone is 2. The summed E-state index contributed by atoms with van der Waals surface area (Å²) in [6.07, 6.45) is 16.3. The minimum Gasteiger partial charge on any atom is -1.00 e. The van der Waals surface area contributed by atoms with Crippen LogP contribution in [0.4, 0.5) is 0 Å². The molecule has 2 fully saturated rings. The van der Waals surface area contributed by atoms with Gasteiger partial charge in [0.2, 0.25) is 0 Å². The molecule has 0 bridgehead atoms. The van der Waals surface area contributed by atoms with Gasteiger partial charge in [-0.3, -0.25) is 0 Å². The molecule has 242 valence electrons. The normalized spacial score (nSPS) is 23.7. The Morgan fingerprint density at radius 3 is 1.34 bits per heavy atom. The van der Waals surface area contributed by atoms with Gasteiger partial charge >= 0.3 is 278 Å². The third kappa shape index (κ3) is 5.62. The van der Waals surface area contributed by atoms with E-state index in [0.29, 0.717) is 7.25 Å². The van der Waals surface area contributed by atoms with Crippen molar-refractivity contribution in [2.24, 2.45) is 0 Å². The number of hydrogen-bond donors (Lipinski definition) is 0. The van der Waals surface area contributed by atoms with Crippen molar-refractivity contribution in [1.82, 2.24) is 0 Å². The second-order valence-electron chi connectivity index (χ2n) is 14.7. The van der Waals surface area contributed by atoms with Crippen LogP contribution in [0.5, 0.6) is 0 Å². The van der Waals surface area contributed by atoms with E-state index in [1.807, 2.05) is 0 Å². The van der Waals surface area contributed by atoms with Crippen LogP contribution in [0.15, 0.2) is 96.1 Å².